The van der Waals surface area contributed by atoms with E-state index < -0.39 is 66.3 Å². The number of carbonyl (C=O) groups is 3. The van der Waals surface area contributed by atoms with Crippen LogP contribution in [0, 0.1) is 12.7 Å². The number of halogens is 3. The summed E-state index contributed by atoms with van der Waals surface area (Å²) < 4.78 is 45.3. The van der Waals surface area contributed by atoms with Gasteiger partial charge in [-0.05, 0) is 44.0 Å². The van der Waals surface area contributed by atoms with E-state index in [2.05, 4.69) is 5.32 Å². The highest BCUT2D eigenvalue weighted by Gasteiger charge is 2.77. The molecule has 0 aromatic heterocycles. The fraction of sp³-hybridized carbons (Fsp3) is 0.323. The monoisotopic (exact) mass is 581 g/mol. The van der Waals surface area contributed by atoms with Gasteiger partial charge in [0.2, 0.25) is 5.91 Å². The summed E-state index contributed by atoms with van der Waals surface area (Å²) in [5.41, 5.74) is -1.04. The Labute approximate surface area is 240 Å². The van der Waals surface area contributed by atoms with Gasteiger partial charge < -0.3 is 25.3 Å². The van der Waals surface area contributed by atoms with Gasteiger partial charge in [0.1, 0.15) is 23.1 Å². The molecule has 3 aromatic carbocycles. The first kappa shape index (κ1) is 29.1. The van der Waals surface area contributed by atoms with Crippen molar-refractivity contribution in [3.8, 4) is 5.75 Å². The number of nitrogens with zero attached hydrogens (tertiary/aromatic N) is 2. The van der Waals surface area contributed by atoms with Crippen LogP contribution in [0.3, 0.4) is 0 Å². The number of β-lactam (4-membered cyclic amide) rings is 1. The molecule has 0 bridgehead atoms. The molecule has 3 aromatic rings. The summed E-state index contributed by atoms with van der Waals surface area (Å²) in [5.74, 6) is -6.97. The summed E-state index contributed by atoms with van der Waals surface area (Å²) in [6.07, 6.45) is -2.02. The molecule has 2 aliphatic rings. The third-order valence-corrected chi connectivity index (χ3v) is 8.38. The molecule has 3 N–H and O–H groups in total. The van der Waals surface area contributed by atoms with Gasteiger partial charge in [0.15, 0.2) is 6.10 Å². The molecular weight excluding hydrogens is 551 g/mol. The number of hydrogen-bond donors (Lipinski definition) is 3. The number of aliphatic hydroxyl groups excluding tert-OH is 1. The van der Waals surface area contributed by atoms with E-state index in [0.29, 0.717) is 10.5 Å². The highest BCUT2D eigenvalue weighted by molar-refractivity contribution is 5.99. The molecule has 8 nitrogen and oxygen atoms in total. The van der Waals surface area contributed by atoms with Crippen LogP contribution in [0.2, 0.25) is 0 Å². The van der Waals surface area contributed by atoms with Gasteiger partial charge >= 0.3 is 0 Å². The number of carbonyl (C=O) groups excluding carboxylic acids is 3. The number of alkyl halides is 2. The minimum absolute atomic E-state index is 0.0309. The van der Waals surface area contributed by atoms with Crippen molar-refractivity contribution in [3.05, 3.63) is 101 Å². The maximum Gasteiger partial charge on any atom is 0.290 e. The van der Waals surface area contributed by atoms with E-state index in [1.165, 1.54) is 43.3 Å². The molecule has 0 spiro atoms. The average Bonchev–Trinajstić information content (AvgIpc) is 3.15. The number of nitrogens with one attached hydrogen (secondary N) is 1. The number of phenols is 1. The Morgan fingerprint density at radius 3 is 2.40 bits per heavy atom. The molecule has 4 atom stereocenters. The minimum atomic E-state index is -3.57. The van der Waals surface area contributed by atoms with Crippen molar-refractivity contribution in [2.24, 2.45) is 0 Å². The van der Waals surface area contributed by atoms with E-state index in [1.54, 1.807) is 30.3 Å². The van der Waals surface area contributed by atoms with Gasteiger partial charge in [-0.15, -0.1) is 0 Å². The van der Waals surface area contributed by atoms with Crippen molar-refractivity contribution < 1.29 is 37.8 Å². The van der Waals surface area contributed by atoms with Gasteiger partial charge in [-0.25, -0.2) is 13.2 Å². The van der Waals surface area contributed by atoms with Gasteiger partial charge in [0, 0.05) is 23.2 Å². The predicted octanol–water partition coefficient (Wildman–Crippen LogP) is 3.19. The van der Waals surface area contributed by atoms with Crippen LogP contribution >= 0.6 is 0 Å². The number of amides is 3. The molecule has 0 saturated carbocycles. The molecule has 5 rings (SSSR count). The third kappa shape index (κ3) is 4.77. The predicted molar refractivity (Wildman–Crippen MR) is 146 cm³/mol. The molecule has 0 radical (unpaired) electrons. The second-order valence-electron chi connectivity index (χ2n) is 10.9. The van der Waals surface area contributed by atoms with Crippen LogP contribution in [0.25, 0.3) is 0 Å². The quantitative estimate of drug-likeness (QED) is 0.354. The van der Waals surface area contributed by atoms with Gasteiger partial charge in [-0.3, -0.25) is 14.4 Å². The van der Waals surface area contributed by atoms with E-state index in [-0.39, 0.29) is 28.9 Å². The van der Waals surface area contributed by atoms with Crippen LogP contribution in [-0.2, 0) is 22.6 Å². The second-order valence-corrected chi connectivity index (χ2v) is 10.9. The number of hydrogen-bond acceptors (Lipinski definition) is 5. The van der Waals surface area contributed by atoms with Crippen LogP contribution < -0.4 is 5.32 Å². The molecule has 11 heteroatoms. The van der Waals surface area contributed by atoms with Crippen LogP contribution in [0.1, 0.15) is 34.0 Å². The first-order valence-corrected chi connectivity index (χ1v) is 13.4. The number of aliphatic hydroxyl groups is 1. The highest BCUT2D eigenvalue weighted by Crippen LogP contribution is 2.53. The first-order chi connectivity index (χ1) is 19.9. The van der Waals surface area contributed by atoms with E-state index in [9.17, 15) is 29.0 Å². The fourth-order valence-electron chi connectivity index (χ4n) is 5.81. The van der Waals surface area contributed by atoms with E-state index in [0.717, 1.165) is 17.9 Å². The molecule has 3 amide bonds. The lowest BCUT2D eigenvalue weighted by atomic mass is 9.77. The molecular formula is C31H30F3N3O5. The fourth-order valence-corrected chi connectivity index (χ4v) is 5.81. The number of fused-ring (bicyclic) bond motifs is 1. The molecule has 2 fully saturated rings. The van der Waals surface area contributed by atoms with Crippen LogP contribution in [0.4, 0.5) is 13.2 Å². The molecule has 220 valence electrons. The van der Waals surface area contributed by atoms with Crippen molar-refractivity contribution in [2.75, 3.05) is 6.54 Å². The van der Waals surface area contributed by atoms with E-state index in [1.807, 2.05) is 0 Å². The van der Waals surface area contributed by atoms with Crippen molar-refractivity contribution in [3.63, 3.8) is 0 Å². The number of likely N-dealkylation sites (tertiary alicyclic amines) is 2. The average molecular weight is 582 g/mol. The third-order valence-electron chi connectivity index (χ3n) is 8.38. The topological polar surface area (TPSA) is 110 Å². The molecule has 0 aliphatic carbocycles. The summed E-state index contributed by atoms with van der Waals surface area (Å²) in [6.45, 7) is 1.13. The molecule has 2 unspecified atom stereocenters. The van der Waals surface area contributed by atoms with Gasteiger partial charge in [0.25, 0.3) is 17.7 Å². The lowest BCUT2D eigenvalue weighted by Gasteiger charge is -2.54. The Balaban J connectivity index is 1.41. The number of rotatable bonds is 8. The number of aromatic hydroxyl groups is 1. The summed E-state index contributed by atoms with van der Waals surface area (Å²) >= 11 is 0. The zero-order valence-corrected chi connectivity index (χ0v) is 22.9. The second kappa shape index (κ2) is 10.8. The van der Waals surface area contributed by atoms with Gasteiger partial charge in [0.05, 0.1) is 12.6 Å². The first-order valence-electron chi connectivity index (χ1n) is 13.4. The lowest BCUT2D eigenvalue weighted by molar-refractivity contribution is -0.193. The number of benzene rings is 3. The zero-order valence-electron chi connectivity index (χ0n) is 22.9. The zero-order chi connectivity index (χ0) is 30.4. The molecule has 2 saturated heterocycles. The molecule has 42 heavy (non-hydrogen) atoms. The standard InChI is InChI=1S/C31H30F3N3O5/c1-18-21(12-8-14-24(18)38)27(40)35-23(15-19-9-4-3-5-10-19)25(39)28(41)36-17-31(33,34)30(2)26(36)29(42)37(30)16-20-11-6-7-13-22(20)32/h3-14,23,25-26,38-39H,15-17H2,1-2H3,(H,35,40)/t23-,25-,26?,30?/m0/s1. The number of phenolic OH excluding ortho intramolecular Hbond substituents is 1. The van der Waals surface area contributed by atoms with Crippen LogP contribution in [0.5, 0.6) is 5.75 Å². The van der Waals surface area contributed by atoms with Gasteiger partial charge in [-0.1, -0.05) is 54.6 Å². The molecule has 2 aliphatic heterocycles. The van der Waals surface area contributed by atoms with Crippen molar-refractivity contribution in [2.45, 2.75) is 56.5 Å². The van der Waals surface area contributed by atoms with Crippen LogP contribution in [-0.4, -0.2) is 73.9 Å². The molecule has 2 heterocycles. The van der Waals surface area contributed by atoms with E-state index >= 15 is 8.78 Å². The van der Waals surface area contributed by atoms with E-state index in [4.69, 9.17) is 0 Å². The largest absolute Gasteiger partial charge is 0.508 e. The maximum atomic E-state index is 15.5. The summed E-state index contributed by atoms with van der Waals surface area (Å²) in [4.78, 5) is 41.5. The summed E-state index contributed by atoms with van der Waals surface area (Å²) in [5, 5.41) is 23.9. The Kier molecular flexibility index (Phi) is 7.48. The Morgan fingerprint density at radius 1 is 1.05 bits per heavy atom. The lowest BCUT2D eigenvalue weighted by Crippen LogP contribution is -2.78. The van der Waals surface area contributed by atoms with Crippen molar-refractivity contribution in [1.29, 1.82) is 0 Å². The smallest absolute Gasteiger partial charge is 0.290 e. The van der Waals surface area contributed by atoms with Crippen LogP contribution in [0.15, 0.2) is 72.8 Å². The normalized spacial score (nSPS) is 22.2. The Hall–Kier alpha value is -4.38. The Morgan fingerprint density at radius 2 is 1.71 bits per heavy atom. The SMILES string of the molecule is Cc1c(O)cccc1C(=O)N[C@@H](Cc1ccccc1)[C@H](O)C(=O)N1CC(F)(F)C2(C)C1C(=O)N2Cc1ccccc1F. The minimum Gasteiger partial charge on any atom is -0.508 e. The van der Waals surface area contributed by atoms with Crippen molar-refractivity contribution >= 4 is 17.7 Å². The summed E-state index contributed by atoms with van der Waals surface area (Å²) in [7, 11) is 0. The Bertz CT molecular complexity index is 1540. The summed E-state index contributed by atoms with van der Waals surface area (Å²) in [6, 6.07) is 15.7. The van der Waals surface area contributed by atoms with Gasteiger partial charge in [-0.2, -0.15) is 0 Å². The van der Waals surface area contributed by atoms with Crippen molar-refractivity contribution in [1.82, 2.24) is 15.1 Å². The highest BCUT2D eigenvalue weighted by atomic mass is 19.3. The maximum absolute atomic E-state index is 15.5.